The minimum Gasteiger partial charge on any atom is -0.478 e. The van der Waals surface area contributed by atoms with Gasteiger partial charge in [0.15, 0.2) is 0 Å². The van der Waals surface area contributed by atoms with Gasteiger partial charge in [-0.15, -0.1) is 0 Å². The number of rotatable bonds is 3. The maximum absolute atomic E-state index is 11.3. The monoisotopic (exact) mass is 278 g/mol. The van der Waals surface area contributed by atoms with E-state index in [0.717, 1.165) is 0 Å². The molecule has 0 aromatic carbocycles. The van der Waals surface area contributed by atoms with E-state index in [4.69, 9.17) is 10.2 Å². The van der Waals surface area contributed by atoms with Gasteiger partial charge < -0.3 is 10.2 Å². The van der Waals surface area contributed by atoms with Gasteiger partial charge in [0.05, 0.1) is 18.0 Å². The summed E-state index contributed by atoms with van der Waals surface area (Å²) in [7, 11) is 0. The molecule has 2 rings (SSSR count). The van der Waals surface area contributed by atoms with Crippen LogP contribution >= 0.6 is 0 Å². The fourth-order valence-electron chi connectivity index (χ4n) is 1.38. The number of nitrogens with zero attached hydrogens (tertiary/aromatic N) is 3. The molecule has 10 heteroatoms. The molecule has 0 atom stereocenters. The van der Waals surface area contributed by atoms with E-state index < -0.39 is 17.8 Å². The number of amides is 1. The molecular formula is C10H8N5O5+. The van der Waals surface area contributed by atoms with Gasteiger partial charge in [-0.25, -0.2) is 29.3 Å². The molecule has 2 aromatic rings. The van der Waals surface area contributed by atoms with Crippen LogP contribution in [0.3, 0.4) is 0 Å². The molecule has 0 unspecified atom stereocenters. The molecule has 0 aliphatic carbocycles. The lowest BCUT2D eigenvalue weighted by atomic mass is 10.3. The Kier molecular flexibility index (Phi) is 3.37. The molecule has 0 aliphatic heterocycles. The van der Waals surface area contributed by atoms with Crippen LogP contribution in [0.4, 0.5) is 10.7 Å². The van der Waals surface area contributed by atoms with Crippen LogP contribution in [0.25, 0.3) is 5.95 Å². The highest BCUT2D eigenvalue weighted by Crippen LogP contribution is 1.98. The highest BCUT2D eigenvalue weighted by molar-refractivity contribution is 5.86. The van der Waals surface area contributed by atoms with Crippen molar-refractivity contribution in [1.82, 2.24) is 15.0 Å². The summed E-state index contributed by atoms with van der Waals surface area (Å²) in [4.78, 5) is 42.0. The fraction of sp³-hybridized carbons (Fsp3) is 0. The Morgan fingerprint density at radius 2 is 2.05 bits per heavy atom. The number of aromatic nitrogens is 4. The first-order chi connectivity index (χ1) is 9.45. The van der Waals surface area contributed by atoms with Gasteiger partial charge in [0.1, 0.15) is 0 Å². The fourth-order valence-corrected chi connectivity index (χ4v) is 1.38. The number of pyridine rings is 1. The second-order valence-electron chi connectivity index (χ2n) is 3.54. The first-order valence-electron chi connectivity index (χ1n) is 5.19. The minimum absolute atomic E-state index is 0.0378. The van der Waals surface area contributed by atoms with E-state index in [1.165, 1.54) is 29.1 Å². The summed E-state index contributed by atoms with van der Waals surface area (Å²) >= 11 is 0. The van der Waals surface area contributed by atoms with Crippen LogP contribution in [-0.4, -0.2) is 37.2 Å². The number of aromatic carboxylic acids is 1. The SMILES string of the molecule is O=C(O)Nc1nc(-[n+]2cccc(C(=O)O)c2)nc(=O)[nH]1. The van der Waals surface area contributed by atoms with Crippen LogP contribution < -0.4 is 15.6 Å². The van der Waals surface area contributed by atoms with E-state index in [2.05, 4.69) is 15.0 Å². The van der Waals surface area contributed by atoms with Gasteiger partial charge in [0.25, 0.3) is 5.95 Å². The largest absolute Gasteiger partial charge is 0.478 e. The Hall–Kier alpha value is -3.30. The van der Waals surface area contributed by atoms with E-state index in [9.17, 15) is 14.4 Å². The molecule has 0 saturated carbocycles. The smallest absolute Gasteiger partial charge is 0.446 e. The number of carboxylic acids is 1. The Labute approximate surface area is 110 Å². The van der Waals surface area contributed by atoms with Crippen molar-refractivity contribution < 1.29 is 24.4 Å². The minimum atomic E-state index is -1.41. The molecule has 2 aromatic heterocycles. The number of nitrogens with one attached hydrogen (secondary N) is 2. The van der Waals surface area contributed by atoms with E-state index in [-0.39, 0.29) is 17.5 Å². The summed E-state index contributed by atoms with van der Waals surface area (Å²) in [5, 5.41) is 19.3. The van der Waals surface area contributed by atoms with Crippen molar-refractivity contribution in [1.29, 1.82) is 0 Å². The lowest BCUT2D eigenvalue weighted by Crippen LogP contribution is -2.37. The van der Waals surface area contributed by atoms with Crippen molar-refractivity contribution >= 4 is 18.0 Å². The first kappa shape index (κ1) is 13.1. The van der Waals surface area contributed by atoms with Crippen LogP contribution in [-0.2, 0) is 0 Å². The molecule has 1 amide bonds. The summed E-state index contributed by atoms with van der Waals surface area (Å²) in [5.41, 5.74) is -0.865. The number of hydrogen-bond acceptors (Lipinski definition) is 5. The second-order valence-corrected chi connectivity index (χ2v) is 3.54. The molecule has 2 heterocycles. The molecule has 4 N–H and O–H groups in total. The van der Waals surface area contributed by atoms with Crippen LogP contribution in [0.15, 0.2) is 29.3 Å². The van der Waals surface area contributed by atoms with Crippen molar-refractivity contribution in [2.75, 3.05) is 5.32 Å². The lowest BCUT2D eigenvalue weighted by molar-refractivity contribution is -0.603. The third kappa shape index (κ3) is 2.93. The molecular weight excluding hydrogens is 270 g/mol. The zero-order valence-electron chi connectivity index (χ0n) is 9.77. The number of carboxylic acid groups (broad SMARTS) is 2. The Bertz CT molecular complexity index is 741. The van der Waals surface area contributed by atoms with Gasteiger partial charge in [0.2, 0.25) is 0 Å². The van der Waals surface area contributed by atoms with E-state index in [0.29, 0.717) is 0 Å². The number of carbonyl (C=O) groups is 2. The number of hydrogen-bond donors (Lipinski definition) is 4. The Balaban J connectivity index is 2.49. The number of H-pyrrole nitrogens is 1. The van der Waals surface area contributed by atoms with Crippen LogP contribution in [0.5, 0.6) is 0 Å². The zero-order chi connectivity index (χ0) is 14.7. The quantitative estimate of drug-likeness (QED) is 0.538. The van der Waals surface area contributed by atoms with Gasteiger partial charge >= 0.3 is 23.7 Å². The van der Waals surface area contributed by atoms with Gasteiger partial charge in [-0.05, 0) is 22.1 Å². The predicted octanol–water partition coefficient (Wildman–Crippen LogP) is -0.770. The molecule has 0 bridgehead atoms. The molecule has 0 radical (unpaired) electrons. The molecule has 10 nitrogen and oxygen atoms in total. The van der Waals surface area contributed by atoms with Gasteiger partial charge in [-0.2, -0.15) is 0 Å². The standard InChI is InChI=1S/C10H7N5O5/c16-6(17)5-2-1-3-15(4-5)8-11-7(13-10(19)20)12-9(18)14-8/h1-4H,(H3-,11,12,13,14,16,17,18,19,20)/p+1. The van der Waals surface area contributed by atoms with Crippen LogP contribution in [0, 0.1) is 0 Å². The van der Waals surface area contributed by atoms with Crippen molar-refractivity contribution in [3.8, 4) is 5.95 Å². The predicted molar refractivity (Wildman–Crippen MR) is 62.8 cm³/mol. The molecule has 20 heavy (non-hydrogen) atoms. The van der Waals surface area contributed by atoms with Crippen molar-refractivity contribution in [3.63, 3.8) is 0 Å². The highest BCUT2D eigenvalue weighted by Gasteiger charge is 2.17. The van der Waals surface area contributed by atoms with Gasteiger partial charge in [-0.1, -0.05) is 0 Å². The van der Waals surface area contributed by atoms with Crippen LogP contribution in [0.1, 0.15) is 10.4 Å². The zero-order valence-corrected chi connectivity index (χ0v) is 9.77. The maximum atomic E-state index is 11.3. The van der Waals surface area contributed by atoms with Crippen molar-refractivity contribution in [2.45, 2.75) is 0 Å². The first-order valence-corrected chi connectivity index (χ1v) is 5.19. The third-order valence-corrected chi connectivity index (χ3v) is 2.14. The van der Waals surface area contributed by atoms with E-state index in [1.54, 1.807) is 0 Å². The topological polar surface area (TPSA) is 149 Å². The lowest BCUT2D eigenvalue weighted by Gasteiger charge is -1.98. The van der Waals surface area contributed by atoms with Crippen LogP contribution in [0.2, 0.25) is 0 Å². The molecule has 0 spiro atoms. The highest BCUT2D eigenvalue weighted by atomic mass is 16.4. The van der Waals surface area contributed by atoms with E-state index in [1.807, 2.05) is 5.32 Å². The van der Waals surface area contributed by atoms with Crippen molar-refractivity contribution in [2.24, 2.45) is 0 Å². The summed E-state index contributed by atoms with van der Waals surface area (Å²) in [6.07, 6.45) is 1.21. The summed E-state index contributed by atoms with van der Waals surface area (Å²) in [6.45, 7) is 0. The average Bonchev–Trinajstić information content (AvgIpc) is 2.37. The molecule has 102 valence electrons. The summed E-state index contributed by atoms with van der Waals surface area (Å²) in [5.74, 6) is -1.64. The normalized spacial score (nSPS) is 10.0. The number of aromatic amines is 1. The summed E-state index contributed by atoms with van der Waals surface area (Å²) in [6, 6.07) is 2.78. The van der Waals surface area contributed by atoms with E-state index >= 15 is 0 Å². The Morgan fingerprint density at radius 3 is 2.70 bits per heavy atom. The summed E-state index contributed by atoms with van der Waals surface area (Å²) < 4.78 is 1.19. The number of anilines is 1. The third-order valence-electron chi connectivity index (χ3n) is 2.14. The average molecular weight is 278 g/mol. The Morgan fingerprint density at radius 1 is 1.30 bits per heavy atom. The molecule has 0 fully saturated rings. The van der Waals surface area contributed by atoms with Crippen molar-refractivity contribution in [3.05, 3.63) is 40.6 Å². The van der Waals surface area contributed by atoms with Gasteiger partial charge in [0, 0.05) is 0 Å². The maximum Gasteiger partial charge on any atom is 0.446 e. The second kappa shape index (κ2) is 5.14. The molecule has 0 aliphatic rings. The molecule has 0 saturated heterocycles. The van der Waals surface area contributed by atoms with Gasteiger partial charge in [-0.3, -0.25) is 0 Å².